The van der Waals surface area contributed by atoms with E-state index in [0.717, 1.165) is 24.4 Å². The predicted molar refractivity (Wildman–Crippen MR) is 141 cm³/mol. The fourth-order valence-corrected chi connectivity index (χ4v) is 5.83. The van der Waals surface area contributed by atoms with Gasteiger partial charge in [-0.15, -0.1) is 0 Å². The Kier molecular flexibility index (Phi) is 5.62. The van der Waals surface area contributed by atoms with Crippen molar-refractivity contribution in [2.24, 2.45) is 10.5 Å². The maximum atomic E-state index is 14.4. The molecular weight excluding hydrogens is 468 g/mol. The standard InChI is InChI=1S/C28H28N6O3/c1-3-37-25(35)20-9-11-22(12-10-20)34-26(36)28(19(2)31-34)17-21-7-4-5-8-23(21)33-16-15-32(18-24(28)33)27-29-13-6-14-30-27/h4-14,24H,3,15-18H2,1-2H3/t24-,28+/m0/s1. The van der Waals surface area contributed by atoms with E-state index in [9.17, 15) is 9.59 Å². The van der Waals surface area contributed by atoms with Crippen LogP contribution in [0.3, 0.4) is 0 Å². The normalized spacial score (nSPS) is 22.5. The number of fused-ring (bicyclic) bond motifs is 4. The van der Waals surface area contributed by atoms with Crippen molar-refractivity contribution < 1.29 is 14.3 Å². The summed E-state index contributed by atoms with van der Waals surface area (Å²) in [6.07, 6.45) is 4.06. The number of piperazine rings is 1. The zero-order valence-electron chi connectivity index (χ0n) is 20.9. The van der Waals surface area contributed by atoms with Gasteiger partial charge in [0.1, 0.15) is 5.41 Å². The Bertz CT molecular complexity index is 1380. The summed E-state index contributed by atoms with van der Waals surface area (Å²) in [6, 6.07) is 16.8. The van der Waals surface area contributed by atoms with E-state index in [1.807, 2.05) is 13.0 Å². The lowest BCUT2D eigenvalue weighted by molar-refractivity contribution is -0.125. The van der Waals surface area contributed by atoms with Crippen LogP contribution in [0.15, 0.2) is 72.1 Å². The van der Waals surface area contributed by atoms with E-state index in [0.29, 0.717) is 36.8 Å². The molecule has 0 saturated carbocycles. The van der Waals surface area contributed by atoms with Crippen LogP contribution in [0.25, 0.3) is 0 Å². The van der Waals surface area contributed by atoms with Crippen LogP contribution in [0.2, 0.25) is 0 Å². The summed E-state index contributed by atoms with van der Waals surface area (Å²) in [7, 11) is 0. The molecule has 1 aromatic heterocycles. The number of para-hydroxylation sites is 1. The van der Waals surface area contributed by atoms with Gasteiger partial charge in [0.05, 0.1) is 29.6 Å². The second-order valence-corrected chi connectivity index (χ2v) is 9.55. The number of hydrazone groups is 1. The number of amides is 1. The minimum atomic E-state index is -0.832. The molecule has 0 bridgehead atoms. The summed E-state index contributed by atoms with van der Waals surface area (Å²) < 4.78 is 5.09. The average Bonchev–Trinajstić information content (AvgIpc) is 3.19. The molecule has 0 radical (unpaired) electrons. The third-order valence-corrected chi connectivity index (χ3v) is 7.65. The first-order valence-corrected chi connectivity index (χ1v) is 12.6. The molecule has 1 amide bonds. The zero-order valence-corrected chi connectivity index (χ0v) is 20.9. The third-order valence-electron chi connectivity index (χ3n) is 7.65. The van der Waals surface area contributed by atoms with Gasteiger partial charge in [-0.05, 0) is 62.2 Å². The quantitative estimate of drug-likeness (QED) is 0.512. The van der Waals surface area contributed by atoms with Gasteiger partial charge in [0.25, 0.3) is 5.91 Å². The molecule has 9 nitrogen and oxygen atoms in total. The van der Waals surface area contributed by atoms with Crippen molar-refractivity contribution in [2.45, 2.75) is 26.3 Å². The first kappa shape index (κ1) is 23.1. The minimum absolute atomic E-state index is 0.0609. The molecule has 6 rings (SSSR count). The fraction of sp³-hybridized carbons (Fsp3) is 0.321. The Morgan fingerprint density at radius 2 is 1.81 bits per heavy atom. The Morgan fingerprint density at radius 1 is 1.05 bits per heavy atom. The smallest absolute Gasteiger partial charge is 0.338 e. The van der Waals surface area contributed by atoms with Crippen molar-refractivity contribution >= 4 is 34.9 Å². The number of nitrogens with zero attached hydrogens (tertiary/aromatic N) is 6. The van der Waals surface area contributed by atoms with Crippen molar-refractivity contribution in [1.82, 2.24) is 9.97 Å². The van der Waals surface area contributed by atoms with E-state index in [-0.39, 0.29) is 17.9 Å². The lowest BCUT2D eigenvalue weighted by atomic mass is 9.67. The molecule has 0 unspecified atom stereocenters. The van der Waals surface area contributed by atoms with Gasteiger partial charge >= 0.3 is 5.97 Å². The van der Waals surface area contributed by atoms with Crippen molar-refractivity contribution in [3.63, 3.8) is 0 Å². The van der Waals surface area contributed by atoms with E-state index in [1.54, 1.807) is 49.6 Å². The molecule has 0 aliphatic carbocycles. The van der Waals surface area contributed by atoms with E-state index in [1.165, 1.54) is 10.7 Å². The van der Waals surface area contributed by atoms with E-state index in [4.69, 9.17) is 9.84 Å². The van der Waals surface area contributed by atoms with Crippen LogP contribution < -0.4 is 14.8 Å². The maximum Gasteiger partial charge on any atom is 0.338 e. The van der Waals surface area contributed by atoms with Gasteiger partial charge in [0.2, 0.25) is 5.95 Å². The highest BCUT2D eigenvalue weighted by atomic mass is 16.5. The molecule has 188 valence electrons. The van der Waals surface area contributed by atoms with E-state index < -0.39 is 5.41 Å². The van der Waals surface area contributed by atoms with Gasteiger partial charge in [-0.3, -0.25) is 4.79 Å². The molecular formula is C28H28N6O3. The van der Waals surface area contributed by atoms with E-state index >= 15 is 0 Å². The highest BCUT2D eigenvalue weighted by Gasteiger charge is 2.60. The van der Waals surface area contributed by atoms with Crippen LogP contribution in [0, 0.1) is 5.41 Å². The Balaban J connectivity index is 1.38. The molecule has 2 atom stereocenters. The van der Waals surface area contributed by atoms with Crippen molar-refractivity contribution in [3.8, 4) is 0 Å². The van der Waals surface area contributed by atoms with Crippen LogP contribution in [-0.4, -0.2) is 59.8 Å². The second-order valence-electron chi connectivity index (χ2n) is 9.55. The van der Waals surface area contributed by atoms with Gasteiger partial charge < -0.3 is 14.5 Å². The van der Waals surface area contributed by atoms with Crippen molar-refractivity contribution in [2.75, 3.05) is 41.0 Å². The number of aromatic nitrogens is 2. The zero-order chi connectivity index (χ0) is 25.6. The molecule has 0 N–H and O–H groups in total. The van der Waals surface area contributed by atoms with Crippen LogP contribution in [-0.2, 0) is 16.0 Å². The second kappa shape index (κ2) is 8.99. The average molecular weight is 497 g/mol. The van der Waals surface area contributed by atoms with Gasteiger partial charge in [-0.2, -0.15) is 10.1 Å². The maximum absolute atomic E-state index is 14.4. The molecule has 2 aromatic carbocycles. The molecule has 1 saturated heterocycles. The number of esters is 1. The summed E-state index contributed by atoms with van der Waals surface area (Å²) >= 11 is 0. The number of carbonyl (C=O) groups is 2. The SMILES string of the molecule is CCOC(=O)c1ccc(N2N=C(C)[C@@]3(Cc4ccccc4N4CCN(c5ncccn5)C[C@H]43)C2=O)cc1. The number of benzene rings is 2. The Labute approximate surface area is 215 Å². The molecule has 9 heteroatoms. The van der Waals surface area contributed by atoms with Gasteiger partial charge in [-0.25, -0.2) is 14.8 Å². The van der Waals surface area contributed by atoms with Crippen LogP contribution in [0.1, 0.15) is 29.8 Å². The van der Waals surface area contributed by atoms with Crippen molar-refractivity contribution in [3.05, 3.63) is 78.1 Å². The first-order chi connectivity index (χ1) is 18.0. The lowest BCUT2D eigenvalue weighted by Crippen LogP contribution is -2.67. The van der Waals surface area contributed by atoms with Gasteiger partial charge in [-0.1, -0.05) is 18.2 Å². The number of carbonyl (C=O) groups excluding carboxylic acids is 2. The highest BCUT2D eigenvalue weighted by Crippen LogP contribution is 2.48. The number of hydrogen-bond donors (Lipinski definition) is 0. The molecule has 3 aliphatic heterocycles. The molecule has 1 fully saturated rings. The molecule has 3 aliphatic rings. The van der Waals surface area contributed by atoms with Gasteiger partial charge in [0, 0.05) is 37.7 Å². The lowest BCUT2D eigenvalue weighted by Gasteiger charge is -2.53. The topological polar surface area (TPSA) is 91.2 Å². The molecule has 4 heterocycles. The van der Waals surface area contributed by atoms with Crippen molar-refractivity contribution in [1.29, 1.82) is 0 Å². The Morgan fingerprint density at radius 3 is 2.57 bits per heavy atom. The van der Waals surface area contributed by atoms with Crippen LogP contribution in [0.4, 0.5) is 17.3 Å². The first-order valence-electron chi connectivity index (χ1n) is 12.6. The van der Waals surface area contributed by atoms with Gasteiger partial charge in [0.15, 0.2) is 0 Å². The molecule has 3 aromatic rings. The summed E-state index contributed by atoms with van der Waals surface area (Å²) in [6.45, 7) is 6.14. The summed E-state index contributed by atoms with van der Waals surface area (Å²) in [4.78, 5) is 39.9. The minimum Gasteiger partial charge on any atom is -0.462 e. The highest BCUT2D eigenvalue weighted by molar-refractivity contribution is 6.20. The Hall–Kier alpha value is -4.27. The summed E-state index contributed by atoms with van der Waals surface area (Å²) in [5.74, 6) is 0.222. The predicted octanol–water partition coefficient (Wildman–Crippen LogP) is 3.31. The molecule has 37 heavy (non-hydrogen) atoms. The van der Waals surface area contributed by atoms with Crippen LogP contribution in [0.5, 0.6) is 0 Å². The third kappa shape index (κ3) is 3.64. The monoisotopic (exact) mass is 496 g/mol. The summed E-state index contributed by atoms with van der Waals surface area (Å²) in [5.41, 5.74) is 3.33. The molecule has 1 spiro atoms. The summed E-state index contributed by atoms with van der Waals surface area (Å²) in [5, 5.41) is 6.29. The number of rotatable bonds is 4. The number of ether oxygens (including phenoxy) is 1. The largest absolute Gasteiger partial charge is 0.462 e. The number of anilines is 3. The number of hydrogen-bond acceptors (Lipinski definition) is 8. The van der Waals surface area contributed by atoms with E-state index in [2.05, 4.69) is 38.0 Å². The fourth-order valence-electron chi connectivity index (χ4n) is 5.83. The van der Waals surface area contributed by atoms with Crippen LogP contribution >= 0.6 is 0 Å².